The number of aromatic hydroxyl groups is 1. The monoisotopic (exact) mass is 442 g/mol. The average molecular weight is 442 g/mol. The van der Waals surface area contributed by atoms with E-state index < -0.39 is 48.4 Å². The highest BCUT2D eigenvalue weighted by Crippen LogP contribution is 2.46. The molecular formula is C23H22O9. The minimum atomic E-state index is -1.84. The number of aliphatic hydroxyl groups is 4. The fraction of sp³-hybridized carbons (Fsp3) is 0.391. The number of phenolic OH excluding ortho intramolecular Hbond substituents is 1. The highest BCUT2D eigenvalue weighted by Gasteiger charge is 2.57. The van der Waals surface area contributed by atoms with Crippen LogP contribution in [-0.2, 0) is 11.2 Å². The van der Waals surface area contributed by atoms with Gasteiger partial charge in [-0.15, -0.1) is 0 Å². The Labute approximate surface area is 182 Å². The van der Waals surface area contributed by atoms with Crippen molar-refractivity contribution in [2.75, 3.05) is 6.61 Å². The van der Waals surface area contributed by atoms with Crippen LogP contribution >= 0.6 is 0 Å². The van der Waals surface area contributed by atoms with E-state index in [1.54, 1.807) is 13.0 Å². The van der Waals surface area contributed by atoms with E-state index in [2.05, 4.69) is 0 Å². The van der Waals surface area contributed by atoms with Gasteiger partial charge in [-0.2, -0.15) is 0 Å². The van der Waals surface area contributed by atoms with Crippen molar-refractivity contribution in [3.8, 4) is 11.5 Å². The van der Waals surface area contributed by atoms with Gasteiger partial charge in [-0.25, -0.2) is 0 Å². The minimum absolute atomic E-state index is 0.0112. The Hall–Kier alpha value is -2.82. The number of phenols is 1. The lowest BCUT2D eigenvalue weighted by Gasteiger charge is -2.50. The molecule has 2 aromatic rings. The first-order valence-electron chi connectivity index (χ1n) is 10.3. The largest absolute Gasteiger partial charge is 0.507 e. The molecule has 0 unspecified atom stereocenters. The number of carbonyl (C=O) groups is 2. The molecule has 1 spiro atoms. The molecule has 0 aromatic heterocycles. The topological polar surface area (TPSA) is 154 Å². The lowest BCUT2D eigenvalue weighted by atomic mass is 9.79. The molecule has 2 aliphatic heterocycles. The SMILES string of the molecule is Cc1cc(O)c2c(c1)C(=O)c1ccc3c(c1C2=O)O[C@]1(CC3)O[C@H](CO)[C@@H](O)[C@H](O)[C@H]1O. The average Bonchev–Trinajstić information content (AvgIpc) is 2.77. The molecule has 9 heteroatoms. The maximum absolute atomic E-state index is 13.4. The van der Waals surface area contributed by atoms with Crippen molar-refractivity contribution in [2.45, 2.75) is 50.0 Å². The molecule has 5 atom stereocenters. The van der Waals surface area contributed by atoms with Gasteiger partial charge in [0, 0.05) is 17.5 Å². The minimum Gasteiger partial charge on any atom is -0.507 e. The molecule has 3 aliphatic rings. The molecule has 5 N–H and O–H groups in total. The van der Waals surface area contributed by atoms with Gasteiger partial charge in [-0.05, 0) is 42.7 Å². The van der Waals surface area contributed by atoms with Crippen LogP contribution in [0.3, 0.4) is 0 Å². The summed E-state index contributed by atoms with van der Waals surface area (Å²) in [5.41, 5.74) is 1.21. The van der Waals surface area contributed by atoms with Gasteiger partial charge in [0.25, 0.3) is 0 Å². The number of benzene rings is 2. The van der Waals surface area contributed by atoms with Gasteiger partial charge in [-0.1, -0.05) is 6.07 Å². The Kier molecular flexibility index (Phi) is 4.66. The third-order valence-corrected chi connectivity index (χ3v) is 6.50. The second kappa shape index (κ2) is 7.09. The van der Waals surface area contributed by atoms with Crippen molar-refractivity contribution >= 4 is 11.6 Å². The molecule has 2 aromatic carbocycles. The molecule has 1 fully saturated rings. The first-order chi connectivity index (χ1) is 15.2. The Morgan fingerprint density at radius 3 is 2.50 bits per heavy atom. The van der Waals surface area contributed by atoms with E-state index in [0.717, 1.165) is 0 Å². The van der Waals surface area contributed by atoms with Crippen LogP contribution in [0.25, 0.3) is 0 Å². The summed E-state index contributed by atoms with van der Waals surface area (Å²) in [5.74, 6) is -3.20. The number of fused-ring (bicyclic) bond motifs is 4. The zero-order valence-corrected chi connectivity index (χ0v) is 17.1. The van der Waals surface area contributed by atoms with Gasteiger partial charge in [0.1, 0.15) is 35.9 Å². The van der Waals surface area contributed by atoms with Crippen molar-refractivity contribution in [3.63, 3.8) is 0 Å². The fourth-order valence-electron chi connectivity index (χ4n) is 4.84. The number of ketones is 2. The molecule has 5 rings (SSSR count). The lowest BCUT2D eigenvalue weighted by Crippen LogP contribution is -2.68. The summed E-state index contributed by atoms with van der Waals surface area (Å²) < 4.78 is 11.7. The van der Waals surface area contributed by atoms with Crippen LogP contribution in [-0.4, -0.2) is 73.9 Å². The molecule has 0 radical (unpaired) electrons. The standard InChI is InChI=1S/C23H22O9/c1-9-6-12-15(13(25)7-9)19(28)16-11(17(12)26)3-2-10-4-5-23(32-21(10)16)22(30)20(29)18(27)14(8-24)31-23/h2-3,6-7,14,18,20,22,24-25,27,29-30H,4-5,8H2,1H3/t14-,18-,20+,22-,23+/m1/s1. The highest BCUT2D eigenvalue weighted by atomic mass is 16.7. The van der Waals surface area contributed by atoms with Gasteiger partial charge in [0.2, 0.25) is 11.6 Å². The zero-order chi connectivity index (χ0) is 22.9. The number of ether oxygens (including phenoxy) is 2. The van der Waals surface area contributed by atoms with Crippen molar-refractivity contribution in [2.24, 2.45) is 0 Å². The summed E-state index contributed by atoms with van der Waals surface area (Å²) >= 11 is 0. The van der Waals surface area contributed by atoms with Gasteiger partial charge < -0.3 is 35.0 Å². The second-order valence-electron chi connectivity index (χ2n) is 8.52. The fourth-order valence-corrected chi connectivity index (χ4v) is 4.84. The smallest absolute Gasteiger partial charge is 0.240 e. The van der Waals surface area contributed by atoms with E-state index in [1.807, 2.05) is 0 Å². The van der Waals surface area contributed by atoms with E-state index in [0.29, 0.717) is 11.1 Å². The third kappa shape index (κ3) is 2.76. The Balaban J connectivity index is 1.65. The van der Waals surface area contributed by atoms with Crippen LogP contribution in [0.2, 0.25) is 0 Å². The number of hydrogen-bond donors (Lipinski definition) is 5. The molecule has 0 amide bonds. The van der Waals surface area contributed by atoms with E-state index in [-0.39, 0.29) is 46.6 Å². The van der Waals surface area contributed by atoms with Crippen LogP contribution in [0.1, 0.15) is 49.4 Å². The van der Waals surface area contributed by atoms with Crippen LogP contribution in [0.4, 0.5) is 0 Å². The normalized spacial score (nSPS) is 31.0. The highest BCUT2D eigenvalue weighted by molar-refractivity contribution is 6.30. The van der Waals surface area contributed by atoms with E-state index in [9.17, 15) is 35.1 Å². The van der Waals surface area contributed by atoms with Gasteiger partial charge >= 0.3 is 0 Å². The van der Waals surface area contributed by atoms with Crippen molar-refractivity contribution in [3.05, 3.63) is 57.6 Å². The van der Waals surface area contributed by atoms with Crippen LogP contribution in [0, 0.1) is 6.92 Å². The molecule has 1 saturated heterocycles. The van der Waals surface area contributed by atoms with E-state index >= 15 is 0 Å². The predicted octanol–water partition coefficient (Wildman–Crippen LogP) is -0.0289. The first-order valence-corrected chi connectivity index (χ1v) is 10.3. The van der Waals surface area contributed by atoms with Crippen molar-refractivity contribution in [1.29, 1.82) is 0 Å². The van der Waals surface area contributed by atoms with Crippen LogP contribution < -0.4 is 4.74 Å². The third-order valence-electron chi connectivity index (χ3n) is 6.50. The van der Waals surface area contributed by atoms with Gasteiger partial charge in [-0.3, -0.25) is 9.59 Å². The number of rotatable bonds is 1. The van der Waals surface area contributed by atoms with Crippen molar-refractivity contribution < 1.29 is 44.6 Å². The molecule has 2 heterocycles. The number of hydrogen-bond acceptors (Lipinski definition) is 9. The van der Waals surface area contributed by atoms with E-state index in [1.165, 1.54) is 18.2 Å². The van der Waals surface area contributed by atoms with Crippen LogP contribution in [0.15, 0.2) is 24.3 Å². The Morgan fingerprint density at radius 1 is 1.03 bits per heavy atom. The summed E-state index contributed by atoms with van der Waals surface area (Å²) in [6.45, 7) is 1.07. The van der Waals surface area contributed by atoms with E-state index in [4.69, 9.17) is 9.47 Å². The zero-order valence-electron chi connectivity index (χ0n) is 17.1. The maximum Gasteiger partial charge on any atom is 0.240 e. The molecular weight excluding hydrogens is 420 g/mol. The quantitative estimate of drug-likeness (QED) is 0.350. The van der Waals surface area contributed by atoms with Gasteiger partial charge in [0.15, 0.2) is 5.78 Å². The summed E-state index contributed by atoms with van der Waals surface area (Å²) in [4.78, 5) is 26.6. The molecule has 1 aliphatic carbocycles. The summed E-state index contributed by atoms with van der Waals surface area (Å²) in [6, 6.07) is 6.12. The maximum atomic E-state index is 13.4. The molecule has 32 heavy (non-hydrogen) atoms. The molecule has 0 saturated carbocycles. The lowest BCUT2D eigenvalue weighted by molar-refractivity contribution is -0.342. The molecule has 168 valence electrons. The number of aliphatic hydroxyl groups excluding tert-OH is 4. The van der Waals surface area contributed by atoms with Gasteiger partial charge in [0.05, 0.1) is 17.7 Å². The summed E-state index contributed by atoms with van der Waals surface area (Å²) in [6.07, 6.45) is -5.75. The second-order valence-corrected chi connectivity index (χ2v) is 8.52. The first kappa shape index (κ1) is 21.0. The molecule has 0 bridgehead atoms. The van der Waals surface area contributed by atoms with Crippen molar-refractivity contribution in [1.82, 2.24) is 0 Å². The number of aryl methyl sites for hydroxylation is 2. The molecule has 9 nitrogen and oxygen atoms in total. The number of carbonyl (C=O) groups excluding carboxylic acids is 2. The Bertz CT molecular complexity index is 1150. The summed E-state index contributed by atoms with van der Waals surface area (Å²) in [7, 11) is 0. The van der Waals surface area contributed by atoms with Crippen LogP contribution in [0.5, 0.6) is 11.5 Å². The summed E-state index contributed by atoms with van der Waals surface area (Å²) in [5, 5.41) is 51.0. The predicted molar refractivity (Wildman–Crippen MR) is 108 cm³/mol. The Morgan fingerprint density at radius 2 is 1.78 bits per heavy atom.